The number of methoxy groups -OCH3 is 2. The van der Waals surface area contributed by atoms with Crippen LogP contribution in [0.4, 0.5) is 0 Å². The number of halogens is 1. The van der Waals surface area contributed by atoms with Crippen LogP contribution in [0.3, 0.4) is 0 Å². The molecule has 0 bridgehead atoms. The number of nitrogens with zero attached hydrogens (tertiary/aromatic N) is 2. The lowest BCUT2D eigenvalue weighted by Gasteiger charge is -2.19. The smallest absolute Gasteiger partial charge is 0.209 e. The zero-order valence-corrected chi connectivity index (χ0v) is 13.7. The molecule has 0 unspecified atom stereocenters. The number of ether oxygens (including phenoxy) is 2. The van der Waals surface area contributed by atoms with Gasteiger partial charge < -0.3 is 13.9 Å². The summed E-state index contributed by atoms with van der Waals surface area (Å²) in [5.41, 5.74) is 0.923. The largest absolute Gasteiger partial charge is 0.439 e. The Kier molecular flexibility index (Phi) is 6.86. The Hall–Kier alpha value is -1.40. The van der Waals surface area contributed by atoms with Crippen LogP contribution in [0.15, 0.2) is 34.9 Å². The fourth-order valence-electron chi connectivity index (χ4n) is 2.06. The maximum absolute atomic E-state index is 6.00. The van der Waals surface area contributed by atoms with Crippen molar-refractivity contribution >= 4 is 11.6 Å². The summed E-state index contributed by atoms with van der Waals surface area (Å²) in [6.45, 7) is 3.54. The number of rotatable bonds is 9. The van der Waals surface area contributed by atoms with E-state index >= 15 is 0 Å². The maximum atomic E-state index is 6.00. The van der Waals surface area contributed by atoms with E-state index in [9.17, 15) is 0 Å². The fourth-order valence-corrected chi connectivity index (χ4v) is 2.25. The molecule has 22 heavy (non-hydrogen) atoms. The van der Waals surface area contributed by atoms with Crippen LogP contribution in [0.25, 0.3) is 11.3 Å². The first-order valence-corrected chi connectivity index (χ1v) is 7.51. The highest BCUT2D eigenvalue weighted by Gasteiger charge is 2.11. The van der Waals surface area contributed by atoms with Gasteiger partial charge in [-0.05, 0) is 12.1 Å². The highest BCUT2D eigenvalue weighted by Crippen LogP contribution is 2.23. The SMILES string of the molecule is COCCN(CCOC)Cc1ncc(-c2cccc(Cl)c2)o1. The van der Waals surface area contributed by atoms with Gasteiger partial charge in [-0.1, -0.05) is 23.7 Å². The molecule has 1 heterocycles. The third kappa shape index (κ3) is 5.10. The molecular formula is C16H21ClN2O3. The number of aromatic nitrogens is 1. The molecule has 0 fully saturated rings. The Morgan fingerprint density at radius 1 is 1.18 bits per heavy atom. The van der Waals surface area contributed by atoms with Crippen molar-refractivity contribution in [3.05, 3.63) is 41.4 Å². The van der Waals surface area contributed by atoms with Crippen LogP contribution >= 0.6 is 11.6 Å². The molecule has 0 radical (unpaired) electrons. The van der Waals surface area contributed by atoms with Crippen molar-refractivity contribution in [3.8, 4) is 11.3 Å². The van der Waals surface area contributed by atoms with Gasteiger partial charge in [-0.2, -0.15) is 0 Å². The lowest BCUT2D eigenvalue weighted by Crippen LogP contribution is -2.30. The summed E-state index contributed by atoms with van der Waals surface area (Å²) in [5, 5.41) is 0.678. The van der Waals surface area contributed by atoms with Gasteiger partial charge in [0, 0.05) is 37.9 Å². The highest BCUT2D eigenvalue weighted by molar-refractivity contribution is 6.30. The fraction of sp³-hybridized carbons (Fsp3) is 0.438. The number of oxazole rings is 1. The summed E-state index contributed by atoms with van der Waals surface area (Å²) in [6.07, 6.45) is 1.73. The second kappa shape index (κ2) is 8.90. The minimum Gasteiger partial charge on any atom is -0.439 e. The molecule has 0 aliphatic heterocycles. The second-order valence-corrected chi connectivity index (χ2v) is 5.33. The van der Waals surface area contributed by atoms with Crippen molar-refractivity contribution in [1.29, 1.82) is 0 Å². The molecular weight excluding hydrogens is 304 g/mol. The molecule has 120 valence electrons. The van der Waals surface area contributed by atoms with Gasteiger partial charge in [-0.3, -0.25) is 4.90 Å². The zero-order chi connectivity index (χ0) is 15.8. The minimum absolute atomic E-state index is 0.618. The lowest BCUT2D eigenvalue weighted by molar-refractivity contribution is 0.105. The Morgan fingerprint density at radius 2 is 1.91 bits per heavy atom. The van der Waals surface area contributed by atoms with E-state index in [-0.39, 0.29) is 0 Å². The van der Waals surface area contributed by atoms with Gasteiger partial charge in [-0.25, -0.2) is 4.98 Å². The number of benzene rings is 1. The van der Waals surface area contributed by atoms with E-state index in [0.29, 0.717) is 30.7 Å². The standard InChI is InChI=1S/C16H21ClN2O3/c1-20-8-6-19(7-9-21-2)12-16-18-11-15(22-16)13-4-3-5-14(17)10-13/h3-5,10-11H,6-9,12H2,1-2H3. The van der Waals surface area contributed by atoms with Crippen LogP contribution in [-0.2, 0) is 16.0 Å². The van der Waals surface area contributed by atoms with Gasteiger partial charge in [0.05, 0.1) is 26.0 Å². The van der Waals surface area contributed by atoms with E-state index in [0.717, 1.165) is 24.4 Å². The quantitative estimate of drug-likeness (QED) is 0.709. The topological polar surface area (TPSA) is 47.7 Å². The van der Waals surface area contributed by atoms with E-state index in [4.69, 9.17) is 25.5 Å². The molecule has 1 aromatic carbocycles. The molecule has 1 aromatic heterocycles. The molecule has 2 rings (SSSR count). The summed E-state index contributed by atoms with van der Waals surface area (Å²) in [5.74, 6) is 1.39. The molecule has 0 aliphatic carbocycles. The Labute approximate surface area is 135 Å². The van der Waals surface area contributed by atoms with E-state index < -0.39 is 0 Å². The molecule has 0 N–H and O–H groups in total. The Bertz CT molecular complexity index is 566. The van der Waals surface area contributed by atoms with E-state index in [1.165, 1.54) is 0 Å². The van der Waals surface area contributed by atoms with Crippen LogP contribution in [0.1, 0.15) is 5.89 Å². The van der Waals surface area contributed by atoms with Crippen molar-refractivity contribution in [2.75, 3.05) is 40.5 Å². The first-order valence-electron chi connectivity index (χ1n) is 7.14. The van der Waals surface area contributed by atoms with Gasteiger partial charge >= 0.3 is 0 Å². The molecule has 0 saturated carbocycles. The molecule has 0 aliphatic rings. The molecule has 5 nitrogen and oxygen atoms in total. The third-order valence-corrected chi connectivity index (χ3v) is 3.48. The summed E-state index contributed by atoms with van der Waals surface area (Å²) in [6, 6.07) is 7.53. The van der Waals surface area contributed by atoms with Crippen molar-refractivity contribution in [1.82, 2.24) is 9.88 Å². The summed E-state index contributed by atoms with van der Waals surface area (Å²) >= 11 is 6.00. The van der Waals surface area contributed by atoms with Gasteiger partial charge in [-0.15, -0.1) is 0 Å². The van der Waals surface area contributed by atoms with E-state index in [1.54, 1.807) is 20.4 Å². The molecule has 0 saturated heterocycles. The van der Waals surface area contributed by atoms with E-state index in [2.05, 4.69) is 9.88 Å². The van der Waals surface area contributed by atoms with Crippen molar-refractivity contribution in [2.45, 2.75) is 6.54 Å². The molecule has 0 spiro atoms. The van der Waals surface area contributed by atoms with Crippen molar-refractivity contribution in [2.24, 2.45) is 0 Å². The van der Waals surface area contributed by atoms with Crippen molar-refractivity contribution < 1.29 is 13.9 Å². The summed E-state index contributed by atoms with van der Waals surface area (Å²) < 4.78 is 16.1. The molecule has 0 amide bonds. The van der Waals surface area contributed by atoms with E-state index in [1.807, 2.05) is 24.3 Å². The van der Waals surface area contributed by atoms with Crippen LogP contribution in [0.2, 0.25) is 5.02 Å². The molecule has 6 heteroatoms. The van der Waals surface area contributed by atoms with Crippen LogP contribution in [0.5, 0.6) is 0 Å². The predicted molar refractivity (Wildman–Crippen MR) is 86.0 cm³/mol. The Balaban J connectivity index is 2.02. The molecule has 2 aromatic rings. The second-order valence-electron chi connectivity index (χ2n) is 4.89. The minimum atomic E-state index is 0.618. The number of hydrogen-bond donors (Lipinski definition) is 0. The lowest BCUT2D eigenvalue weighted by atomic mass is 10.2. The summed E-state index contributed by atoms with van der Waals surface area (Å²) in [7, 11) is 3.38. The first-order chi connectivity index (χ1) is 10.7. The Morgan fingerprint density at radius 3 is 2.55 bits per heavy atom. The highest BCUT2D eigenvalue weighted by atomic mass is 35.5. The normalized spacial score (nSPS) is 11.3. The van der Waals surface area contributed by atoms with Crippen LogP contribution in [0, 0.1) is 0 Å². The van der Waals surface area contributed by atoms with Gasteiger partial charge in [0.1, 0.15) is 0 Å². The van der Waals surface area contributed by atoms with Crippen LogP contribution in [-0.4, -0.2) is 50.4 Å². The average Bonchev–Trinajstić information content (AvgIpc) is 2.98. The molecule has 0 atom stereocenters. The number of hydrogen-bond acceptors (Lipinski definition) is 5. The van der Waals surface area contributed by atoms with Crippen LogP contribution < -0.4 is 0 Å². The van der Waals surface area contributed by atoms with Gasteiger partial charge in [0.2, 0.25) is 5.89 Å². The third-order valence-electron chi connectivity index (χ3n) is 3.24. The van der Waals surface area contributed by atoms with Gasteiger partial charge in [0.15, 0.2) is 5.76 Å². The summed E-state index contributed by atoms with van der Waals surface area (Å²) in [4.78, 5) is 6.53. The first kappa shape index (κ1) is 17.0. The van der Waals surface area contributed by atoms with Gasteiger partial charge in [0.25, 0.3) is 0 Å². The zero-order valence-electron chi connectivity index (χ0n) is 12.9. The average molecular weight is 325 g/mol. The maximum Gasteiger partial charge on any atom is 0.209 e. The van der Waals surface area contributed by atoms with Crippen molar-refractivity contribution in [3.63, 3.8) is 0 Å². The monoisotopic (exact) mass is 324 g/mol. The predicted octanol–water partition coefficient (Wildman–Crippen LogP) is 3.09.